The van der Waals surface area contributed by atoms with E-state index >= 15 is 0 Å². The van der Waals surface area contributed by atoms with E-state index in [0.717, 1.165) is 51.4 Å². The van der Waals surface area contributed by atoms with Crippen molar-refractivity contribution in [1.29, 1.82) is 0 Å². The van der Waals surface area contributed by atoms with Crippen LogP contribution in [-0.4, -0.2) is 207 Å². The number of hydrogen-bond donors (Lipinski definition) is 5. The highest BCUT2D eigenvalue weighted by molar-refractivity contribution is 5.91. The Morgan fingerprint density at radius 3 is 1.64 bits per heavy atom. The molecular weight excluding hydrogens is 1010 g/mol. The van der Waals surface area contributed by atoms with Gasteiger partial charge in [-0.25, -0.2) is 0 Å². The third-order valence-corrected chi connectivity index (χ3v) is 20.2. The van der Waals surface area contributed by atoms with E-state index in [4.69, 9.17) is 66.3 Å². The quantitative estimate of drug-likeness (QED) is 0.109. The molecule has 4 aliphatic carbocycles. The predicted molar refractivity (Wildman–Crippen MR) is 269 cm³/mol. The zero-order valence-corrected chi connectivity index (χ0v) is 47.1. The van der Waals surface area contributed by atoms with Crippen LogP contribution in [0, 0.1) is 40.4 Å². The molecule has 5 saturated heterocycles. The Morgan fingerprint density at radius 2 is 1.12 bits per heavy atom. The van der Waals surface area contributed by atoms with Crippen LogP contribution in [0.3, 0.4) is 0 Å². The molecule has 9 fully saturated rings. The molecular formula is C56H92O21. The van der Waals surface area contributed by atoms with Gasteiger partial charge in [0.05, 0.1) is 61.5 Å². The normalized spacial score (nSPS) is 52.3. The first-order valence-corrected chi connectivity index (χ1v) is 28.8. The fourth-order valence-corrected chi connectivity index (χ4v) is 16.2. The number of aliphatic hydroxyl groups is 5. The van der Waals surface area contributed by atoms with Crippen LogP contribution in [0.25, 0.3) is 0 Å². The molecule has 0 aromatic carbocycles. The van der Waals surface area contributed by atoms with E-state index in [1.165, 1.54) is 14.0 Å². The number of Topliss-reactive ketones (excluding diaryl/α,β-unsaturated/α-hetero) is 1. The fourth-order valence-electron chi connectivity index (χ4n) is 16.2. The number of ketones is 1. The van der Waals surface area contributed by atoms with E-state index in [1.54, 1.807) is 28.1 Å². The molecule has 30 unspecified atom stereocenters. The molecule has 0 aromatic rings. The molecule has 9 rings (SSSR count). The molecule has 0 amide bonds. The third-order valence-electron chi connectivity index (χ3n) is 20.2. The molecule has 5 heterocycles. The molecule has 0 spiro atoms. The second-order valence-electron chi connectivity index (χ2n) is 24.6. The summed E-state index contributed by atoms with van der Waals surface area (Å²) in [6.07, 6.45) is -8.74. The van der Waals surface area contributed by atoms with Gasteiger partial charge < -0.3 is 91.8 Å². The minimum atomic E-state index is -1.60. The van der Waals surface area contributed by atoms with Crippen molar-refractivity contribution in [2.24, 2.45) is 40.4 Å². The minimum absolute atomic E-state index is 0.0412. The third kappa shape index (κ3) is 11.9. The number of rotatable bonds is 16. The van der Waals surface area contributed by atoms with Gasteiger partial charge in [-0.2, -0.15) is 0 Å². The Bertz CT molecular complexity index is 1950. The standard InChI is InChI=1S/C56H92O21/c1-12-33-53(71-29(6)58)46(61)44-32-14-13-30-19-31(15-17-55(30,7)34(32)16-18-56(33,44)8)72-41-21-36(64-9)51(26(3)68-41)76-43-22-37(65-10)50(27(4)69-43)75-40-20-35(59)49(25(2)67-40)74-42-23-38(66-11)52(28(5)70-42)77-54-48(63)47(62)45(60)39(24-57)73-54/h25-28,30-45,47-54,57,59-60,62-63H,12-24H2,1-11H3. The van der Waals surface area contributed by atoms with Gasteiger partial charge in [0.15, 0.2) is 43.3 Å². The zero-order valence-electron chi connectivity index (χ0n) is 47.1. The van der Waals surface area contributed by atoms with Gasteiger partial charge in [-0.15, -0.1) is 0 Å². The number of esters is 1. The van der Waals surface area contributed by atoms with Crippen molar-refractivity contribution in [3.8, 4) is 0 Å². The van der Waals surface area contributed by atoms with Crippen LogP contribution in [-0.2, 0) is 75.9 Å². The lowest BCUT2D eigenvalue weighted by Gasteiger charge is -2.60. The van der Waals surface area contributed by atoms with Crippen LogP contribution in [0.4, 0.5) is 0 Å². The van der Waals surface area contributed by atoms with Crippen LogP contribution < -0.4 is 0 Å². The van der Waals surface area contributed by atoms with Gasteiger partial charge >= 0.3 is 5.97 Å². The van der Waals surface area contributed by atoms with Gasteiger partial charge in [-0.1, -0.05) is 20.8 Å². The van der Waals surface area contributed by atoms with Crippen molar-refractivity contribution in [1.82, 2.24) is 0 Å². The van der Waals surface area contributed by atoms with Crippen molar-refractivity contribution < 1.29 is 101 Å². The number of hydrogen-bond acceptors (Lipinski definition) is 21. The number of carbonyl (C=O) groups excluding carboxylic acids is 2. The molecule has 0 bridgehead atoms. The van der Waals surface area contributed by atoms with Crippen LogP contribution >= 0.6 is 0 Å². The summed E-state index contributed by atoms with van der Waals surface area (Å²) in [5, 5.41) is 52.2. The second-order valence-corrected chi connectivity index (χ2v) is 24.6. The highest BCUT2D eigenvalue weighted by Crippen LogP contribution is 2.67. The topological polar surface area (TPSA) is 265 Å². The molecule has 0 radical (unpaired) electrons. The molecule has 5 N–H and O–H groups in total. The monoisotopic (exact) mass is 1100 g/mol. The average Bonchev–Trinajstić information content (AvgIpc) is 3.61. The number of fused-ring (bicyclic) bond motifs is 5. The first-order chi connectivity index (χ1) is 36.7. The highest BCUT2D eigenvalue weighted by atomic mass is 16.8. The first kappa shape index (κ1) is 60.0. The molecule has 442 valence electrons. The van der Waals surface area contributed by atoms with Crippen molar-refractivity contribution in [3.05, 3.63) is 0 Å². The summed E-state index contributed by atoms with van der Waals surface area (Å²) in [5.74, 6) is 1.02. The van der Waals surface area contributed by atoms with Crippen molar-refractivity contribution in [2.45, 2.75) is 274 Å². The van der Waals surface area contributed by atoms with E-state index in [9.17, 15) is 35.1 Å². The molecule has 4 saturated carbocycles. The first-order valence-electron chi connectivity index (χ1n) is 28.8. The van der Waals surface area contributed by atoms with E-state index in [1.807, 2.05) is 13.8 Å². The Balaban J connectivity index is 0.732. The molecule has 9 aliphatic rings. The SMILES string of the molecule is CCC1C(OC(C)=O)C(=O)C2C3CCC4CC(OC5CC(OC)C(OC6CC(OC)C(OC7CC(O)C(OC8CC(OC)C(OC9OC(CO)C(O)C(O)C9O)C(C)O8)C(C)O7)C(C)O6)C(C)O5)CCC4(C)C3CCC12C. The summed E-state index contributed by atoms with van der Waals surface area (Å²) >= 11 is 0. The summed E-state index contributed by atoms with van der Waals surface area (Å²) in [5.41, 5.74) is -0.0333. The van der Waals surface area contributed by atoms with E-state index < -0.39 is 130 Å². The lowest BCUT2D eigenvalue weighted by atomic mass is 9.44. The average molecular weight is 1100 g/mol. The number of ether oxygens (including phenoxy) is 14. The van der Waals surface area contributed by atoms with Gasteiger partial charge in [-0.3, -0.25) is 9.59 Å². The Kier molecular flexibility index (Phi) is 19.3. The van der Waals surface area contributed by atoms with Crippen LogP contribution in [0.2, 0.25) is 0 Å². The van der Waals surface area contributed by atoms with Gasteiger partial charge in [0, 0.05) is 65.8 Å². The van der Waals surface area contributed by atoms with Gasteiger partial charge in [0.25, 0.3) is 0 Å². The summed E-state index contributed by atoms with van der Waals surface area (Å²) in [6.45, 7) is 15.1. The summed E-state index contributed by atoms with van der Waals surface area (Å²) in [7, 11) is 4.80. The predicted octanol–water partition coefficient (Wildman–Crippen LogP) is 3.45. The van der Waals surface area contributed by atoms with Crippen LogP contribution in [0.1, 0.15) is 132 Å². The molecule has 77 heavy (non-hydrogen) atoms. The number of carbonyl (C=O) groups is 2. The van der Waals surface area contributed by atoms with Gasteiger partial charge in [0.1, 0.15) is 48.8 Å². The van der Waals surface area contributed by atoms with Gasteiger partial charge in [-0.05, 0) is 108 Å². The maximum Gasteiger partial charge on any atom is 0.303 e. The Labute approximate surface area is 454 Å². The zero-order chi connectivity index (χ0) is 55.4. The maximum absolute atomic E-state index is 14.1. The highest BCUT2D eigenvalue weighted by Gasteiger charge is 2.66. The number of methoxy groups -OCH3 is 3. The summed E-state index contributed by atoms with van der Waals surface area (Å²) in [4.78, 5) is 26.3. The summed E-state index contributed by atoms with van der Waals surface area (Å²) in [6, 6.07) is 0. The largest absolute Gasteiger partial charge is 0.454 e. The minimum Gasteiger partial charge on any atom is -0.454 e. The van der Waals surface area contributed by atoms with E-state index in [0.29, 0.717) is 30.6 Å². The second kappa shape index (κ2) is 24.7. The fraction of sp³-hybridized carbons (Fsp3) is 0.964. The van der Waals surface area contributed by atoms with Crippen molar-refractivity contribution in [2.75, 3.05) is 27.9 Å². The van der Waals surface area contributed by atoms with Crippen molar-refractivity contribution in [3.63, 3.8) is 0 Å². The maximum atomic E-state index is 14.1. The molecule has 0 aromatic heterocycles. The Hall–Kier alpha value is -1.58. The van der Waals surface area contributed by atoms with Crippen LogP contribution in [0.5, 0.6) is 0 Å². The molecule has 21 heteroatoms. The number of aliphatic hydroxyl groups excluding tert-OH is 5. The van der Waals surface area contributed by atoms with Crippen molar-refractivity contribution >= 4 is 11.8 Å². The smallest absolute Gasteiger partial charge is 0.303 e. The molecule has 21 nitrogen and oxygen atoms in total. The Morgan fingerprint density at radius 1 is 0.610 bits per heavy atom. The lowest BCUT2D eigenvalue weighted by Crippen LogP contribution is -2.62. The van der Waals surface area contributed by atoms with E-state index in [2.05, 4.69) is 20.8 Å². The lowest BCUT2D eigenvalue weighted by molar-refractivity contribution is -0.358. The summed E-state index contributed by atoms with van der Waals surface area (Å²) < 4.78 is 87.1. The molecule has 5 aliphatic heterocycles. The van der Waals surface area contributed by atoms with E-state index in [-0.39, 0.29) is 65.6 Å². The van der Waals surface area contributed by atoms with Crippen LogP contribution in [0.15, 0.2) is 0 Å². The molecule has 30 atom stereocenters. The van der Waals surface area contributed by atoms with Gasteiger partial charge in [0.2, 0.25) is 0 Å².